The number of benzene rings is 1. The fraction of sp³-hybridized carbons (Fsp3) is 0.700. The molecule has 1 atom stereocenters. The lowest BCUT2D eigenvalue weighted by atomic mass is 9.69. The quantitative estimate of drug-likeness (QED) is 0.684. The summed E-state index contributed by atoms with van der Waals surface area (Å²) >= 11 is 0. The van der Waals surface area contributed by atoms with Gasteiger partial charge in [0.1, 0.15) is 0 Å². The number of rotatable bonds is 7. The largest absolute Gasteiger partial charge is 0.309 e. The van der Waals surface area contributed by atoms with E-state index in [0.29, 0.717) is 11.5 Å². The molecule has 118 valence electrons. The normalized spacial score (nSPS) is 19.1. The molecular weight excluding hydrogens is 254 g/mol. The van der Waals surface area contributed by atoms with E-state index in [4.69, 9.17) is 0 Å². The summed E-state index contributed by atoms with van der Waals surface area (Å²) in [4.78, 5) is 0. The van der Waals surface area contributed by atoms with Gasteiger partial charge in [-0.3, -0.25) is 0 Å². The van der Waals surface area contributed by atoms with E-state index < -0.39 is 0 Å². The van der Waals surface area contributed by atoms with E-state index in [1.807, 2.05) is 0 Å². The SMILES string of the molecule is CCCNC(c1ccccc1C)C1(CC(C)C)CCCC1. The van der Waals surface area contributed by atoms with Crippen LogP contribution in [0.2, 0.25) is 0 Å². The monoisotopic (exact) mass is 287 g/mol. The predicted molar refractivity (Wildman–Crippen MR) is 92.6 cm³/mol. The fourth-order valence-corrected chi connectivity index (χ4v) is 4.36. The van der Waals surface area contributed by atoms with Gasteiger partial charge in [-0.2, -0.15) is 0 Å². The zero-order chi connectivity index (χ0) is 15.3. The lowest BCUT2D eigenvalue weighted by Gasteiger charge is -2.41. The molecule has 1 aliphatic rings. The van der Waals surface area contributed by atoms with E-state index >= 15 is 0 Å². The molecular formula is C20H33N. The summed E-state index contributed by atoms with van der Waals surface area (Å²) in [6, 6.07) is 9.53. The van der Waals surface area contributed by atoms with Crippen molar-refractivity contribution in [2.24, 2.45) is 11.3 Å². The molecule has 0 heterocycles. The van der Waals surface area contributed by atoms with Crippen LogP contribution in [0.25, 0.3) is 0 Å². The van der Waals surface area contributed by atoms with E-state index in [-0.39, 0.29) is 0 Å². The van der Waals surface area contributed by atoms with E-state index in [2.05, 4.69) is 57.3 Å². The van der Waals surface area contributed by atoms with Crippen LogP contribution < -0.4 is 5.32 Å². The molecule has 21 heavy (non-hydrogen) atoms. The van der Waals surface area contributed by atoms with Gasteiger partial charge >= 0.3 is 0 Å². The lowest BCUT2D eigenvalue weighted by Crippen LogP contribution is -2.38. The molecule has 0 amide bonds. The van der Waals surface area contributed by atoms with Crippen molar-refractivity contribution in [2.45, 2.75) is 72.3 Å². The zero-order valence-electron chi connectivity index (χ0n) is 14.4. The molecule has 1 aromatic rings. The maximum Gasteiger partial charge on any atom is 0.0379 e. The van der Waals surface area contributed by atoms with E-state index in [1.165, 1.54) is 49.7 Å². The molecule has 0 saturated heterocycles. The number of aryl methyl sites for hydroxylation is 1. The van der Waals surface area contributed by atoms with Gasteiger partial charge in [-0.1, -0.05) is 57.9 Å². The summed E-state index contributed by atoms with van der Waals surface area (Å²) in [5, 5.41) is 3.91. The highest BCUT2D eigenvalue weighted by Crippen LogP contribution is 2.52. The first-order valence-corrected chi connectivity index (χ1v) is 8.88. The van der Waals surface area contributed by atoms with Crippen LogP contribution in [-0.4, -0.2) is 6.54 Å². The van der Waals surface area contributed by atoms with Crippen LogP contribution in [0.4, 0.5) is 0 Å². The van der Waals surface area contributed by atoms with Crippen molar-refractivity contribution in [3.63, 3.8) is 0 Å². The molecule has 2 rings (SSSR count). The second-order valence-corrected chi connectivity index (χ2v) is 7.41. The Hall–Kier alpha value is -0.820. The number of nitrogens with one attached hydrogen (secondary N) is 1. The topological polar surface area (TPSA) is 12.0 Å². The highest BCUT2D eigenvalue weighted by Gasteiger charge is 2.42. The van der Waals surface area contributed by atoms with Gasteiger partial charge in [0.15, 0.2) is 0 Å². The maximum absolute atomic E-state index is 3.91. The van der Waals surface area contributed by atoms with Crippen molar-refractivity contribution in [2.75, 3.05) is 6.54 Å². The van der Waals surface area contributed by atoms with Gasteiger partial charge in [0.2, 0.25) is 0 Å². The zero-order valence-corrected chi connectivity index (χ0v) is 14.4. The van der Waals surface area contributed by atoms with Crippen LogP contribution in [0.5, 0.6) is 0 Å². The molecule has 1 saturated carbocycles. The molecule has 0 aliphatic heterocycles. The van der Waals surface area contributed by atoms with Crippen molar-refractivity contribution in [1.29, 1.82) is 0 Å². The maximum atomic E-state index is 3.91. The van der Waals surface area contributed by atoms with Gasteiger partial charge < -0.3 is 5.32 Å². The molecule has 1 aliphatic carbocycles. The van der Waals surface area contributed by atoms with E-state index in [0.717, 1.165) is 12.5 Å². The third-order valence-corrected chi connectivity index (χ3v) is 5.12. The highest BCUT2D eigenvalue weighted by atomic mass is 14.9. The minimum Gasteiger partial charge on any atom is -0.309 e. The van der Waals surface area contributed by atoms with Crippen molar-refractivity contribution in [3.05, 3.63) is 35.4 Å². The molecule has 1 N–H and O–H groups in total. The summed E-state index contributed by atoms with van der Waals surface area (Å²) in [6.45, 7) is 10.4. The second-order valence-electron chi connectivity index (χ2n) is 7.41. The second kappa shape index (κ2) is 7.45. The fourth-order valence-electron chi connectivity index (χ4n) is 4.36. The summed E-state index contributed by atoms with van der Waals surface area (Å²) < 4.78 is 0. The van der Waals surface area contributed by atoms with Crippen LogP contribution in [0.15, 0.2) is 24.3 Å². The molecule has 1 heteroatoms. The van der Waals surface area contributed by atoms with Crippen LogP contribution in [0.1, 0.15) is 76.5 Å². The van der Waals surface area contributed by atoms with E-state index in [9.17, 15) is 0 Å². The standard InChI is InChI=1S/C20H33N/c1-5-14-21-19(18-11-7-6-10-17(18)4)20(15-16(2)3)12-8-9-13-20/h6-7,10-11,16,19,21H,5,8-9,12-15H2,1-4H3. The Labute approximate surface area is 131 Å². The minimum atomic E-state index is 0.468. The summed E-state index contributed by atoms with van der Waals surface area (Å²) in [5.74, 6) is 0.776. The van der Waals surface area contributed by atoms with Crippen LogP contribution in [0.3, 0.4) is 0 Å². The van der Waals surface area contributed by atoms with Gasteiger partial charge in [-0.05, 0) is 61.6 Å². The molecule has 1 fully saturated rings. The van der Waals surface area contributed by atoms with Gasteiger partial charge in [0.25, 0.3) is 0 Å². The highest BCUT2D eigenvalue weighted by molar-refractivity contribution is 5.31. The van der Waals surface area contributed by atoms with Crippen molar-refractivity contribution in [3.8, 4) is 0 Å². The summed E-state index contributed by atoms with van der Waals surface area (Å²) in [7, 11) is 0. The number of hydrogen-bond donors (Lipinski definition) is 1. The number of hydrogen-bond acceptors (Lipinski definition) is 1. The Kier molecular flexibility index (Phi) is 5.87. The Morgan fingerprint density at radius 3 is 2.38 bits per heavy atom. The Morgan fingerprint density at radius 2 is 1.81 bits per heavy atom. The third kappa shape index (κ3) is 3.88. The molecule has 1 aromatic carbocycles. The average molecular weight is 287 g/mol. The lowest BCUT2D eigenvalue weighted by molar-refractivity contribution is 0.155. The average Bonchev–Trinajstić information content (AvgIpc) is 2.89. The van der Waals surface area contributed by atoms with Gasteiger partial charge in [-0.25, -0.2) is 0 Å². The van der Waals surface area contributed by atoms with Crippen molar-refractivity contribution < 1.29 is 0 Å². The van der Waals surface area contributed by atoms with Gasteiger partial charge in [-0.15, -0.1) is 0 Å². The van der Waals surface area contributed by atoms with Crippen molar-refractivity contribution in [1.82, 2.24) is 5.32 Å². The molecule has 1 nitrogen and oxygen atoms in total. The molecule has 0 bridgehead atoms. The first-order valence-electron chi connectivity index (χ1n) is 8.88. The predicted octanol–water partition coefficient (Wildman–Crippen LogP) is 5.64. The third-order valence-electron chi connectivity index (χ3n) is 5.12. The molecule has 0 aromatic heterocycles. The summed E-state index contributed by atoms with van der Waals surface area (Å²) in [6.07, 6.45) is 8.15. The smallest absolute Gasteiger partial charge is 0.0379 e. The van der Waals surface area contributed by atoms with Crippen molar-refractivity contribution >= 4 is 0 Å². The van der Waals surface area contributed by atoms with Crippen LogP contribution >= 0.6 is 0 Å². The van der Waals surface area contributed by atoms with Gasteiger partial charge in [0, 0.05) is 6.04 Å². The first kappa shape index (κ1) is 16.5. The first-order chi connectivity index (χ1) is 10.1. The Balaban J connectivity index is 2.35. The van der Waals surface area contributed by atoms with Crippen LogP contribution in [0, 0.1) is 18.3 Å². The Bertz CT molecular complexity index is 429. The molecule has 0 spiro atoms. The Morgan fingerprint density at radius 1 is 1.14 bits per heavy atom. The molecule has 0 radical (unpaired) electrons. The van der Waals surface area contributed by atoms with E-state index in [1.54, 1.807) is 0 Å². The molecule has 1 unspecified atom stereocenters. The van der Waals surface area contributed by atoms with Crippen LogP contribution in [-0.2, 0) is 0 Å². The summed E-state index contributed by atoms with van der Waals surface area (Å²) in [5.41, 5.74) is 3.45. The van der Waals surface area contributed by atoms with Gasteiger partial charge in [0.05, 0.1) is 0 Å². The minimum absolute atomic E-state index is 0.468.